The first-order chi connectivity index (χ1) is 10.3. The highest BCUT2D eigenvalue weighted by Crippen LogP contribution is 2.27. The van der Waals surface area contributed by atoms with Gasteiger partial charge in [0.05, 0.1) is 17.6 Å². The molecule has 2 heterocycles. The Hall–Kier alpha value is -1.87. The van der Waals surface area contributed by atoms with Crippen molar-refractivity contribution in [3.63, 3.8) is 0 Å². The molecule has 1 aliphatic heterocycles. The van der Waals surface area contributed by atoms with Gasteiger partial charge in [-0.2, -0.15) is 0 Å². The number of aromatic nitrogens is 1. The largest absolute Gasteiger partial charge is 0.362 e. The average molecular weight is 281 g/mol. The number of nitrogens with one attached hydrogen (secondary N) is 1. The minimum Gasteiger partial charge on any atom is -0.362 e. The van der Waals surface area contributed by atoms with Crippen LogP contribution in [-0.4, -0.2) is 11.5 Å². The topological polar surface area (TPSA) is 28.2 Å². The van der Waals surface area contributed by atoms with Crippen molar-refractivity contribution in [1.29, 1.82) is 0 Å². The lowest BCUT2D eigenvalue weighted by Crippen LogP contribution is -2.20. The first-order valence-corrected chi connectivity index (χ1v) is 7.79. The van der Waals surface area contributed by atoms with E-state index in [2.05, 4.69) is 65.4 Å². The number of benzene rings is 1. The molecule has 1 unspecified atom stereocenters. The predicted octanol–water partition coefficient (Wildman–Crippen LogP) is 3.66. The van der Waals surface area contributed by atoms with E-state index in [4.69, 9.17) is 0 Å². The summed E-state index contributed by atoms with van der Waals surface area (Å²) >= 11 is 0. The molecule has 2 aromatic rings. The van der Waals surface area contributed by atoms with Crippen LogP contribution in [0.15, 0.2) is 42.6 Å². The van der Waals surface area contributed by atoms with Crippen LogP contribution in [0.4, 0.5) is 5.69 Å². The molecule has 1 N–H and O–H groups in total. The molecule has 0 aliphatic carbocycles. The van der Waals surface area contributed by atoms with Crippen molar-refractivity contribution in [1.82, 2.24) is 10.3 Å². The zero-order chi connectivity index (χ0) is 14.7. The molecule has 0 saturated heterocycles. The lowest BCUT2D eigenvalue weighted by molar-refractivity contribution is 0.558. The molecule has 110 valence electrons. The summed E-state index contributed by atoms with van der Waals surface area (Å²) in [6, 6.07) is 13.3. The fourth-order valence-corrected chi connectivity index (χ4v) is 2.82. The van der Waals surface area contributed by atoms with Crippen LogP contribution in [0.2, 0.25) is 0 Å². The third kappa shape index (κ3) is 3.08. The summed E-state index contributed by atoms with van der Waals surface area (Å²) in [5, 5.41) is 3.48. The van der Waals surface area contributed by atoms with E-state index in [-0.39, 0.29) is 0 Å². The van der Waals surface area contributed by atoms with Gasteiger partial charge in [0.1, 0.15) is 0 Å². The van der Waals surface area contributed by atoms with Gasteiger partial charge >= 0.3 is 0 Å². The normalized spacial score (nSPS) is 15.0. The van der Waals surface area contributed by atoms with Crippen molar-refractivity contribution >= 4 is 5.69 Å². The van der Waals surface area contributed by atoms with E-state index in [9.17, 15) is 0 Å². The second kappa shape index (κ2) is 6.27. The number of hydrogen-bond donors (Lipinski definition) is 1. The molecule has 3 heteroatoms. The molecule has 1 aromatic carbocycles. The first kappa shape index (κ1) is 14.1. The van der Waals surface area contributed by atoms with E-state index in [0.29, 0.717) is 6.04 Å². The maximum atomic E-state index is 4.63. The molecule has 0 bridgehead atoms. The molecular formula is C18H23N3. The van der Waals surface area contributed by atoms with Crippen molar-refractivity contribution in [2.24, 2.45) is 0 Å². The van der Waals surface area contributed by atoms with Gasteiger partial charge in [-0.25, -0.2) is 0 Å². The Labute approximate surface area is 127 Å². The van der Waals surface area contributed by atoms with Crippen LogP contribution in [0.3, 0.4) is 0 Å². The summed E-state index contributed by atoms with van der Waals surface area (Å²) < 4.78 is 0. The number of fused-ring (bicyclic) bond motifs is 1. The van der Waals surface area contributed by atoms with Gasteiger partial charge in [-0.15, -0.1) is 0 Å². The van der Waals surface area contributed by atoms with Crippen LogP contribution in [0, 0.1) is 0 Å². The molecule has 1 aromatic heterocycles. The summed E-state index contributed by atoms with van der Waals surface area (Å²) in [7, 11) is 0. The second-order valence-electron chi connectivity index (χ2n) is 5.74. The highest BCUT2D eigenvalue weighted by molar-refractivity contribution is 5.50. The van der Waals surface area contributed by atoms with Crippen molar-refractivity contribution < 1.29 is 0 Å². The molecule has 3 nitrogen and oxygen atoms in total. The minimum absolute atomic E-state index is 0.315. The van der Waals surface area contributed by atoms with Gasteiger partial charge in [0, 0.05) is 19.1 Å². The number of rotatable bonds is 5. The number of hydrogen-bond acceptors (Lipinski definition) is 3. The Morgan fingerprint density at radius 3 is 2.43 bits per heavy atom. The first-order valence-electron chi connectivity index (χ1n) is 7.79. The van der Waals surface area contributed by atoms with E-state index in [0.717, 1.165) is 31.7 Å². The van der Waals surface area contributed by atoms with Crippen molar-refractivity contribution in [3.8, 4) is 0 Å². The molecule has 0 saturated carbocycles. The minimum atomic E-state index is 0.315. The Bertz CT molecular complexity index is 567. The van der Waals surface area contributed by atoms with Gasteiger partial charge in [-0.1, -0.05) is 31.2 Å². The van der Waals surface area contributed by atoms with Crippen molar-refractivity contribution in [2.45, 2.75) is 39.4 Å². The summed E-state index contributed by atoms with van der Waals surface area (Å²) in [4.78, 5) is 7.02. The molecule has 0 spiro atoms. The van der Waals surface area contributed by atoms with Crippen LogP contribution in [0.25, 0.3) is 0 Å². The monoisotopic (exact) mass is 281 g/mol. The number of pyridine rings is 1. The van der Waals surface area contributed by atoms with Gasteiger partial charge < -0.3 is 10.2 Å². The van der Waals surface area contributed by atoms with Gasteiger partial charge in [-0.3, -0.25) is 4.98 Å². The Kier molecular flexibility index (Phi) is 4.20. The maximum Gasteiger partial charge on any atom is 0.0572 e. The highest BCUT2D eigenvalue weighted by Gasteiger charge is 2.18. The van der Waals surface area contributed by atoms with Crippen LogP contribution in [-0.2, 0) is 13.1 Å². The van der Waals surface area contributed by atoms with E-state index in [1.165, 1.54) is 16.8 Å². The van der Waals surface area contributed by atoms with Crippen LogP contribution in [0.5, 0.6) is 0 Å². The molecular weight excluding hydrogens is 258 g/mol. The molecule has 1 aliphatic rings. The van der Waals surface area contributed by atoms with Crippen molar-refractivity contribution in [2.75, 3.05) is 11.4 Å². The maximum absolute atomic E-state index is 4.63. The zero-order valence-corrected chi connectivity index (χ0v) is 12.8. The predicted molar refractivity (Wildman–Crippen MR) is 87.3 cm³/mol. The second-order valence-corrected chi connectivity index (χ2v) is 5.74. The highest BCUT2D eigenvalue weighted by atomic mass is 15.1. The summed E-state index contributed by atoms with van der Waals surface area (Å²) in [5.74, 6) is 0. The molecule has 0 amide bonds. The van der Waals surface area contributed by atoms with E-state index in [1.807, 2.05) is 6.20 Å². The smallest absolute Gasteiger partial charge is 0.0572 e. The van der Waals surface area contributed by atoms with E-state index >= 15 is 0 Å². The van der Waals surface area contributed by atoms with Gasteiger partial charge in [0.2, 0.25) is 0 Å². The van der Waals surface area contributed by atoms with E-state index in [1.54, 1.807) is 0 Å². The van der Waals surface area contributed by atoms with Gasteiger partial charge in [-0.05, 0) is 43.1 Å². The molecule has 1 atom stereocenters. The van der Waals surface area contributed by atoms with Crippen molar-refractivity contribution in [3.05, 3.63) is 59.4 Å². The van der Waals surface area contributed by atoms with Crippen LogP contribution < -0.4 is 10.2 Å². The molecule has 3 rings (SSSR count). The summed E-state index contributed by atoms with van der Waals surface area (Å²) in [5.41, 5.74) is 5.18. The average Bonchev–Trinajstić information content (AvgIpc) is 2.96. The fraction of sp³-hybridized carbons (Fsp3) is 0.389. The molecule has 0 radical (unpaired) electrons. The summed E-state index contributed by atoms with van der Waals surface area (Å²) in [6.07, 6.45) is 3.15. The Morgan fingerprint density at radius 2 is 1.86 bits per heavy atom. The lowest BCUT2D eigenvalue weighted by atomic mass is 10.1. The standard InChI is InChI=1S/C18H23N3/c1-3-10-19-14(2)18-9-8-17(11-20-18)21-12-15-6-4-5-7-16(15)13-21/h4-9,11,14,19H,3,10,12-13H2,1-2H3. The molecule has 21 heavy (non-hydrogen) atoms. The lowest BCUT2D eigenvalue weighted by Gasteiger charge is -2.19. The zero-order valence-electron chi connectivity index (χ0n) is 12.8. The third-order valence-corrected chi connectivity index (χ3v) is 4.12. The Morgan fingerprint density at radius 1 is 1.14 bits per heavy atom. The number of anilines is 1. The Balaban J connectivity index is 1.68. The van der Waals surface area contributed by atoms with Crippen LogP contribution in [0.1, 0.15) is 43.1 Å². The third-order valence-electron chi connectivity index (χ3n) is 4.12. The van der Waals surface area contributed by atoms with Crippen LogP contribution >= 0.6 is 0 Å². The fourth-order valence-electron chi connectivity index (χ4n) is 2.82. The SMILES string of the molecule is CCCNC(C)c1ccc(N2Cc3ccccc3C2)cn1. The van der Waals surface area contributed by atoms with E-state index < -0.39 is 0 Å². The van der Waals surface area contributed by atoms with Gasteiger partial charge in [0.25, 0.3) is 0 Å². The van der Waals surface area contributed by atoms with Gasteiger partial charge in [0.15, 0.2) is 0 Å². The number of nitrogens with zero attached hydrogens (tertiary/aromatic N) is 2. The summed E-state index contributed by atoms with van der Waals surface area (Å²) in [6.45, 7) is 7.36. The quantitative estimate of drug-likeness (QED) is 0.906. The molecule has 0 fully saturated rings.